The highest BCUT2D eigenvalue weighted by molar-refractivity contribution is 8.00. The predicted octanol–water partition coefficient (Wildman–Crippen LogP) is 2.65. The van der Waals surface area contributed by atoms with E-state index in [-0.39, 0.29) is 10.5 Å². The lowest BCUT2D eigenvalue weighted by Crippen LogP contribution is -2.04. The Morgan fingerprint density at radius 3 is 2.63 bits per heavy atom. The molecule has 0 aromatic heterocycles. The Kier molecular flexibility index (Phi) is 3.73. The minimum Gasteiger partial charge on any atom is -0.478 e. The average Bonchev–Trinajstić information content (AvgIpc) is 2.58. The Hall–Kier alpha value is -1.27. The van der Waals surface area contributed by atoms with Crippen LogP contribution in [0.2, 0.25) is 0 Å². The molecule has 0 aliphatic carbocycles. The first-order chi connectivity index (χ1) is 8.83. The maximum Gasteiger partial charge on any atom is 0.336 e. The number of benzene rings is 1. The van der Waals surface area contributed by atoms with Crippen LogP contribution in [0.3, 0.4) is 0 Å². The highest BCUT2D eigenvalue weighted by atomic mass is 32.2. The highest BCUT2D eigenvalue weighted by Crippen LogP contribution is 2.38. The lowest BCUT2D eigenvalue weighted by molar-refractivity contribution is 0.0696. The molecule has 1 aromatic rings. The molecule has 1 aliphatic heterocycles. The van der Waals surface area contributed by atoms with Crippen molar-refractivity contribution in [1.82, 2.24) is 0 Å². The van der Waals surface area contributed by atoms with Crippen LogP contribution in [0.15, 0.2) is 28.5 Å². The topological polar surface area (TPSA) is 71.4 Å². The van der Waals surface area contributed by atoms with Crippen LogP contribution in [0.5, 0.6) is 0 Å². The van der Waals surface area contributed by atoms with Gasteiger partial charge in [0.1, 0.15) is 0 Å². The zero-order chi connectivity index (χ0) is 14.2. The molecule has 19 heavy (non-hydrogen) atoms. The summed E-state index contributed by atoms with van der Waals surface area (Å²) >= 11 is 1.59. The van der Waals surface area contributed by atoms with E-state index in [0.29, 0.717) is 22.1 Å². The Bertz CT molecular complexity index is 657. The third kappa shape index (κ3) is 2.69. The van der Waals surface area contributed by atoms with E-state index in [1.165, 1.54) is 23.6 Å². The molecule has 1 N–H and O–H groups in total. The largest absolute Gasteiger partial charge is 0.478 e. The van der Waals surface area contributed by atoms with Gasteiger partial charge in [0, 0.05) is 16.7 Å². The van der Waals surface area contributed by atoms with Crippen LogP contribution in [0.4, 0.5) is 0 Å². The standard InChI is InChI=1S/C13H14O4S2/c1-8(2)18-6-9-7-19(16,17)11-5-3-4-10(12(9)11)13(14)15/h3-5,7-8H,6H2,1-2H3,(H,14,15). The van der Waals surface area contributed by atoms with E-state index in [0.717, 1.165) is 0 Å². The molecule has 0 saturated heterocycles. The van der Waals surface area contributed by atoms with Crippen LogP contribution in [-0.4, -0.2) is 30.5 Å². The number of sulfone groups is 1. The molecule has 0 radical (unpaired) electrons. The first-order valence-electron chi connectivity index (χ1n) is 5.77. The molecule has 1 aliphatic rings. The first-order valence-corrected chi connectivity index (χ1v) is 8.36. The van der Waals surface area contributed by atoms with Crippen molar-refractivity contribution in [2.24, 2.45) is 0 Å². The SMILES string of the molecule is CC(C)SCC1=CS(=O)(=O)c2cccc(C(=O)O)c21. The van der Waals surface area contributed by atoms with Crippen molar-refractivity contribution in [2.45, 2.75) is 24.0 Å². The normalized spacial score (nSPS) is 16.3. The van der Waals surface area contributed by atoms with Gasteiger partial charge >= 0.3 is 5.97 Å². The van der Waals surface area contributed by atoms with Crippen LogP contribution < -0.4 is 0 Å². The number of aromatic carboxylic acids is 1. The molecule has 0 bridgehead atoms. The van der Waals surface area contributed by atoms with Gasteiger partial charge < -0.3 is 5.11 Å². The predicted molar refractivity (Wildman–Crippen MR) is 76.2 cm³/mol. The van der Waals surface area contributed by atoms with Crippen LogP contribution >= 0.6 is 11.8 Å². The fourth-order valence-electron chi connectivity index (χ4n) is 1.95. The summed E-state index contributed by atoms with van der Waals surface area (Å²) in [5.41, 5.74) is 0.976. The second kappa shape index (κ2) is 5.02. The molecule has 0 atom stereocenters. The van der Waals surface area contributed by atoms with Crippen LogP contribution in [-0.2, 0) is 9.84 Å². The Morgan fingerprint density at radius 1 is 1.37 bits per heavy atom. The van der Waals surface area contributed by atoms with Gasteiger partial charge in [-0.1, -0.05) is 19.9 Å². The minimum atomic E-state index is -3.50. The van der Waals surface area contributed by atoms with Crippen LogP contribution in [0, 0.1) is 0 Å². The van der Waals surface area contributed by atoms with Gasteiger partial charge in [-0.2, -0.15) is 11.8 Å². The van der Waals surface area contributed by atoms with Gasteiger partial charge in [-0.25, -0.2) is 13.2 Å². The summed E-state index contributed by atoms with van der Waals surface area (Å²) in [5.74, 6) is -0.608. The van der Waals surface area contributed by atoms with Gasteiger partial charge in [0.05, 0.1) is 10.5 Å². The fourth-order valence-corrected chi connectivity index (χ4v) is 4.29. The smallest absolute Gasteiger partial charge is 0.336 e. The summed E-state index contributed by atoms with van der Waals surface area (Å²) in [6.45, 7) is 4.03. The summed E-state index contributed by atoms with van der Waals surface area (Å²) in [7, 11) is -3.50. The summed E-state index contributed by atoms with van der Waals surface area (Å²) in [5, 5.41) is 10.7. The zero-order valence-corrected chi connectivity index (χ0v) is 12.2. The number of rotatable bonds is 4. The highest BCUT2D eigenvalue weighted by Gasteiger charge is 2.30. The van der Waals surface area contributed by atoms with Crippen molar-refractivity contribution in [3.8, 4) is 0 Å². The van der Waals surface area contributed by atoms with E-state index in [4.69, 9.17) is 0 Å². The van der Waals surface area contributed by atoms with Crippen molar-refractivity contribution in [3.63, 3.8) is 0 Å². The van der Waals surface area contributed by atoms with Gasteiger partial charge in [-0.05, 0) is 23.0 Å². The molecule has 1 aromatic carbocycles. The summed E-state index contributed by atoms with van der Waals surface area (Å²) in [6.07, 6.45) is 0. The molecule has 6 heteroatoms. The van der Waals surface area contributed by atoms with Crippen molar-refractivity contribution >= 4 is 33.1 Å². The molecule has 4 nitrogen and oxygen atoms in total. The number of fused-ring (bicyclic) bond motifs is 1. The van der Waals surface area contributed by atoms with E-state index in [2.05, 4.69) is 0 Å². The lowest BCUT2D eigenvalue weighted by atomic mass is 10.0. The number of carbonyl (C=O) groups is 1. The van der Waals surface area contributed by atoms with E-state index in [9.17, 15) is 18.3 Å². The Morgan fingerprint density at radius 2 is 2.05 bits per heavy atom. The number of carboxylic acid groups (broad SMARTS) is 1. The summed E-state index contributed by atoms with van der Waals surface area (Å²) in [4.78, 5) is 11.3. The van der Waals surface area contributed by atoms with Gasteiger partial charge in [-0.3, -0.25) is 0 Å². The fraction of sp³-hybridized carbons (Fsp3) is 0.308. The maximum atomic E-state index is 12.0. The van der Waals surface area contributed by atoms with E-state index < -0.39 is 15.8 Å². The third-order valence-corrected chi connectivity index (χ3v) is 5.45. The third-order valence-electron chi connectivity index (χ3n) is 2.75. The van der Waals surface area contributed by atoms with Crippen LogP contribution in [0.25, 0.3) is 5.57 Å². The van der Waals surface area contributed by atoms with E-state index in [1.807, 2.05) is 13.8 Å². The van der Waals surface area contributed by atoms with Crippen LogP contribution in [0.1, 0.15) is 29.8 Å². The second-order valence-corrected chi connectivity index (χ2v) is 7.86. The summed E-state index contributed by atoms with van der Waals surface area (Å²) in [6, 6.07) is 4.36. The van der Waals surface area contributed by atoms with Crippen molar-refractivity contribution < 1.29 is 18.3 Å². The minimum absolute atomic E-state index is 0.0502. The number of carboxylic acids is 1. The Balaban J connectivity index is 2.55. The monoisotopic (exact) mass is 298 g/mol. The molecule has 0 fully saturated rings. The second-order valence-electron chi connectivity index (χ2n) is 4.53. The molecule has 0 saturated carbocycles. The maximum absolute atomic E-state index is 12.0. The molecule has 102 valence electrons. The average molecular weight is 298 g/mol. The van der Waals surface area contributed by atoms with Crippen molar-refractivity contribution in [2.75, 3.05) is 5.75 Å². The molecular formula is C13H14O4S2. The quantitative estimate of drug-likeness (QED) is 0.925. The number of hydrogen-bond donors (Lipinski definition) is 1. The summed E-state index contributed by atoms with van der Waals surface area (Å²) < 4.78 is 24.0. The van der Waals surface area contributed by atoms with E-state index >= 15 is 0 Å². The first kappa shape index (κ1) is 14.1. The van der Waals surface area contributed by atoms with E-state index in [1.54, 1.807) is 11.8 Å². The molecule has 0 spiro atoms. The van der Waals surface area contributed by atoms with Crippen molar-refractivity contribution in [1.29, 1.82) is 0 Å². The molecule has 1 heterocycles. The molecule has 0 amide bonds. The molecule has 0 unspecified atom stereocenters. The lowest BCUT2D eigenvalue weighted by Gasteiger charge is -2.09. The van der Waals surface area contributed by atoms with Crippen molar-refractivity contribution in [3.05, 3.63) is 34.7 Å². The molecule has 2 rings (SSSR count). The Labute approximate surface area is 116 Å². The van der Waals surface area contributed by atoms with Gasteiger partial charge in [-0.15, -0.1) is 0 Å². The van der Waals surface area contributed by atoms with Gasteiger partial charge in [0.2, 0.25) is 9.84 Å². The number of hydrogen-bond acceptors (Lipinski definition) is 4. The van der Waals surface area contributed by atoms with Gasteiger partial charge in [0.25, 0.3) is 0 Å². The van der Waals surface area contributed by atoms with Gasteiger partial charge in [0.15, 0.2) is 0 Å². The number of thioether (sulfide) groups is 1. The zero-order valence-electron chi connectivity index (χ0n) is 10.6. The molecular weight excluding hydrogens is 284 g/mol.